The van der Waals surface area contributed by atoms with Gasteiger partial charge in [0.1, 0.15) is 18.2 Å². The quantitative estimate of drug-likeness (QED) is 0.416. The van der Waals surface area contributed by atoms with E-state index in [1.807, 2.05) is 45.0 Å². The molecule has 1 N–H and O–H groups in total. The molecule has 5 rings (SSSR count). The summed E-state index contributed by atoms with van der Waals surface area (Å²) in [6, 6.07) is 18.3. The molecule has 1 amide bonds. The highest BCUT2D eigenvalue weighted by Gasteiger charge is 2.31. The number of hydrogen-bond acceptors (Lipinski definition) is 6. The average molecular weight is 486 g/mol. The van der Waals surface area contributed by atoms with Crippen LogP contribution in [0.3, 0.4) is 0 Å². The molecule has 2 aromatic carbocycles. The van der Waals surface area contributed by atoms with Crippen molar-refractivity contribution in [3.8, 4) is 11.7 Å². The topological polar surface area (TPSA) is 81.9 Å². The smallest absolute Gasteiger partial charge is 0.252 e. The van der Waals surface area contributed by atoms with Crippen molar-refractivity contribution in [1.82, 2.24) is 19.7 Å². The van der Waals surface area contributed by atoms with E-state index in [0.717, 1.165) is 39.5 Å². The van der Waals surface area contributed by atoms with Gasteiger partial charge >= 0.3 is 0 Å². The molecule has 3 heterocycles. The third-order valence-corrected chi connectivity index (χ3v) is 7.11. The molecular formula is C27H27N5O2S. The third-order valence-electron chi connectivity index (χ3n) is 5.84. The van der Waals surface area contributed by atoms with Gasteiger partial charge in [-0.1, -0.05) is 42.0 Å². The Hall–Kier alpha value is -3.65. The molecule has 0 saturated carbocycles. The number of nitrogens with zero attached hydrogens (tertiary/aromatic N) is 4. The summed E-state index contributed by atoms with van der Waals surface area (Å²) >= 11 is 1.59. The Morgan fingerprint density at radius 3 is 2.49 bits per heavy atom. The van der Waals surface area contributed by atoms with Crippen LogP contribution >= 0.6 is 11.8 Å². The second-order valence-electron chi connectivity index (χ2n) is 8.80. The van der Waals surface area contributed by atoms with Gasteiger partial charge in [-0.25, -0.2) is 9.97 Å². The van der Waals surface area contributed by atoms with Crippen molar-refractivity contribution < 1.29 is 9.53 Å². The van der Waals surface area contributed by atoms with Crippen LogP contribution in [0.25, 0.3) is 5.95 Å². The van der Waals surface area contributed by atoms with E-state index in [0.29, 0.717) is 24.1 Å². The van der Waals surface area contributed by atoms with Gasteiger partial charge in [0, 0.05) is 17.0 Å². The Balaban J connectivity index is 1.45. The molecule has 1 aliphatic heterocycles. The minimum absolute atomic E-state index is 0.0607. The van der Waals surface area contributed by atoms with Gasteiger partial charge in [0.15, 0.2) is 0 Å². The Morgan fingerprint density at radius 2 is 1.77 bits per heavy atom. The minimum atomic E-state index is -0.0672. The molecule has 178 valence electrons. The molecule has 2 aromatic heterocycles. The lowest BCUT2D eigenvalue weighted by atomic mass is 10.0. The number of aryl methyl sites for hydroxylation is 4. The number of nitrogens with one attached hydrogen (secondary N) is 1. The molecule has 0 fully saturated rings. The maximum Gasteiger partial charge on any atom is 0.252 e. The first-order valence-electron chi connectivity index (χ1n) is 11.5. The van der Waals surface area contributed by atoms with E-state index in [2.05, 4.69) is 52.5 Å². The lowest BCUT2D eigenvalue weighted by Gasteiger charge is -2.16. The summed E-state index contributed by atoms with van der Waals surface area (Å²) < 4.78 is 7.66. The van der Waals surface area contributed by atoms with E-state index in [9.17, 15) is 4.79 Å². The number of carbonyl (C=O) groups excluding carboxylic acids is 1. The van der Waals surface area contributed by atoms with Crippen molar-refractivity contribution in [3.63, 3.8) is 0 Å². The Kier molecular flexibility index (Phi) is 6.30. The monoisotopic (exact) mass is 485 g/mol. The normalized spacial score (nSPS) is 15.3. The van der Waals surface area contributed by atoms with Crippen LogP contribution in [-0.2, 0) is 11.4 Å². The number of rotatable bonds is 5. The van der Waals surface area contributed by atoms with Crippen molar-refractivity contribution >= 4 is 23.5 Å². The van der Waals surface area contributed by atoms with Crippen LogP contribution in [0.2, 0.25) is 0 Å². The number of hydrogen-bond donors (Lipinski definition) is 1. The molecule has 0 bridgehead atoms. The van der Waals surface area contributed by atoms with Crippen LogP contribution in [0.15, 0.2) is 54.6 Å². The molecular weight excluding hydrogens is 458 g/mol. The van der Waals surface area contributed by atoms with E-state index >= 15 is 0 Å². The van der Waals surface area contributed by atoms with Crippen LogP contribution in [0, 0.1) is 27.7 Å². The van der Waals surface area contributed by atoms with Crippen molar-refractivity contribution in [2.75, 3.05) is 11.1 Å². The SMILES string of the molecule is Cc1cccc(COc2ccc(C3SCC(=O)Nc4c3c(C)nn4-c3nc(C)cc(C)n3)cc2)c1. The van der Waals surface area contributed by atoms with Gasteiger partial charge in [0.2, 0.25) is 5.91 Å². The minimum Gasteiger partial charge on any atom is -0.489 e. The fourth-order valence-corrected chi connectivity index (χ4v) is 5.49. The van der Waals surface area contributed by atoms with Crippen LogP contribution in [0.1, 0.15) is 44.6 Å². The first-order chi connectivity index (χ1) is 16.9. The van der Waals surface area contributed by atoms with Gasteiger partial charge in [0.05, 0.1) is 16.7 Å². The van der Waals surface area contributed by atoms with Gasteiger partial charge in [-0.3, -0.25) is 4.79 Å². The summed E-state index contributed by atoms with van der Waals surface area (Å²) in [6.45, 7) is 8.40. The largest absolute Gasteiger partial charge is 0.489 e. The van der Waals surface area contributed by atoms with Gasteiger partial charge < -0.3 is 10.1 Å². The van der Waals surface area contributed by atoms with Crippen molar-refractivity contribution in [3.05, 3.63) is 93.9 Å². The number of fused-ring (bicyclic) bond motifs is 1. The zero-order valence-corrected chi connectivity index (χ0v) is 21.0. The first-order valence-corrected chi connectivity index (χ1v) is 12.5. The van der Waals surface area contributed by atoms with Crippen molar-refractivity contribution in [2.24, 2.45) is 0 Å². The summed E-state index contributed by atoms with van der Waals surface area (Å²) in [4.78, 5) is 21.7. The van der Waals surface area contributed by atoms with Crippen LogP contribution in [0.5, 0.6) is 5.75 Å². The fraction of sp³-hybridized carbons (Fsp3) is 0.259. The van der Waals surface area contributed by atoms with E-state index in [1.165, 1.54) is 5.56 Å². The summed E-state index contributed by atoms with van der Waals surface area (Å²) in [5, 5.41) is 7.70. The molecule has 0 saturated heterocycles. The lowest BCUT2D eigenvalue weighted by molar-refractivity contribution is -0.113. The molecule has 1 aliphatic rings. The standard InChI is InChI=1S/C27H27N5O2S/c1-16-6-5-7-20(12-16)14-34-22-10-8-21(9-11-22)25-24-19(4)31-32(26(24)30-23(33)15-35-25)27-28-17(2)13-18(3)29-27/h5-13,25H,14-15H2,1-4H3,(H,30,33). The number of aromatic nitrogens is 4. The molecule has 1 unspecified atom stereocenters. The Morgan fingerprint density at radius 1 is 1.03 bits per heavy atom. The number of carbonyl (C=O) groups is 1. The number of anilines is 1. The molecule has 0 aliphatic carbocycles. The van der Waals surface area contributed by atoms with Crippen molar-refractivity contribution in [2.45, 2.75) is 39.6 Å². The molecule has 0 radical (unpaired) electrons. The lowest BCUT2D eigenvalue weighted by Crippen LogP contribution is -2.17. The highest BCUT2D eigenvalue weighted by Crippen LogP contribution is 2.44. The second kappa shape index (κ2) is 9.54. The highest BCUT2D eigenvalue weighted by molar-refractivity contribution is 8.00. The van der Waals surface area contributed by atoms with Gasteiger partial charge in [-0.2, -0.15) is 9.78 Å². The first kappa shape index (κ1) is 23.1. The van der Waals surface area contributed by atoms with E-state index < -0.39 is 0 Å². The van der Waals surface area contributed by atoms with E-state index in [4.69, 9.17) is 9.84 Å². The van der Waals surface area contributed by atoms with Crippen LogP contribution in [-0.4, -0.2) is 31.4 Å². The average Bonchev–Trinajstić information content (AvgIpc) is 3.02. The zero-order valence-electron chi connectivity index (χ0n) is 20.2. The van der Waals surface area contributed by atoms with Gasteiger partial charge in [0.25, 0.3) is 5.95 Å². The molecule has 0 spiro atoms. The van der Waals surface area contributed by atoms with Gasteiger partial charge in [-0.15, -0.1) is 11.8 Å². The van der Waals surface area contributed by atoms with E-state index in [1.54, 1.807) is 16.4 Å². The van der Waals surface area contributed by atoms with Crippen molar-refractivity contribution in [1.29, 1.82) is 0 Å². The summed E-state index contributed by atoms with van der Waals surface area (Å²) in [5.74, 6) is 2.17. The molecule has 7 nitrogen and oxygen atoms in total. The Labute approximate surface area is 209 Å². The van der Waals surface area contributed by atoms with E-state index in [-0.39, 0.29) is 11.2 Å². The predicted octanol–water partition coefficient (Wildman–Crippen LogP) is 5.25. The molecule has 4 aromatic rings. The van der Waals surface area contributed by atoms with Crippen LogP contribution < -0.4 is 10.1 Å². The third kappa shape index (κ3) is 4.93. The fourth-order valence-electron chi connectivity index (χ4n) is 4.30. The maximum atomic E-state index is 12.6. The molecule has 1 atom stereocenters. The number of ether oxygens (including phenoxy) is 1. The van der Waals surface area contributed by atoms with Crippen LogP contribution in [0.4, 0.5) is 5.82 Å². The summed E-state index contributed by atoms with van der Waals surface area (Å²) in [6.07, 6.45) is 0. The molecule has 35 heavy (non-hydrogen) atoms. The Bertz CT molecular complexity index is 1380. The summed E-state index contributed by atoms with van der Waals surface area (Å²) in [5.41, 5.74) is 6.94. The highest BCUT2D eigenvalue weighted by atomic mass is 32.2. The zero-order chi connectivity index (χ0) is 24.5. The second-order valence-corrected chi connectivity index (χ2v) is 9.89. The maximum absolute atomic E-state index is 12.6. The number of benzene rings is 2. The summed E-state index contributed by atoms with van der Waals surface area (Å²) in [7, 11) is 0. The number of thioether (sulfide) groups is 1. The predicted molar refractivity (Wildman–Crippen MR) is 138 cm³/mol. The number of amides is 1. The van der Waals surface area contributed by atoms with Gasteiger partial charge in [-0.05, 0) is 57.0 Å². The molecule has 8 heteroatoms.